The van der Waals surface area contributed by atoms with E-state index in [1.807, 2.05) is 6.92 Å². The fourth-order valence-corrected chi connectivity index (χ4v) is 3.28. The van der Waals surface area contributed by atoms with Gasteiger partial charge in [0.15, 0.2) is 5.75 Å². The molecule has 0 N–H and O–H groups in total. The van der Waals surface area contributed by atoms with E-state index in [-0.39, 0.29) is 30.5 Å². The second-order valence-corrected chi connectivity index (χ2v) is 7.57. The van der Waals surface area contributed by atoms with E-state index in [1.54, 1.807) is 66.1 Å². The maximum absolute atomic E-state index is 12.9. The molecule has 3 aromatic rings. The number of nitro groups is 1. The monoisotopic (exact) mass is 442 g/mol. The average molecular weight is 443 g/mol. The molecule has 1 aromatic heterocycles. The Labute approximate surface area is 185 Å². The van der Waals surface area contributed by atoms with Crippen LogP contribution in [-0.2, 0) is 19.7 Å². The number of nitrogens with zero attached hydrogens (tertiary/aromatic N) is 4. The Morgan fingerprint density at radius 3 is 2.74 bits per heavy atom. The molecule has 3 rings (SSSR count). The second kappa shape index (κ2) is 9.61. The van der Waals surface area contributed by atoms with Gasteiger partial charge < -0.3 is 9.64 Å². The standard InChI is InChI=1S/C22H23ClN4O4/c1-4-26-12-18(23)19(24-26)13-25(3)22(28)17-7-5-6-16(11-17)14-31-21-9-8-15(2)10-20(21)27(29)30/h5-12H,4,13-14H2,1-3H3. The van der Waals surface area contributed by atoms with Crippen molar-refractivity contribution in [1.29, 1.82) is 0 Å². The lowest BCUT2D eigenvalue weighted by Gasteiger charge is -2.17. The van der Waals surface area contributed by atoms with Crippen LogP contribution in [0.2, 0.25) is 5.02 Å². The van der Waals surface area contributed by atoms with E-state index >= 15 is 0 Å². The summed E-state index contributed by atoms with van der Waals surface area (Å²) in [7, 11) is 1.68. The molecule has 0 aliphatic heterocycles. The molecule has 0 saturated carbocycles. The van der Waals surface area contributed by atoms with Crippen molar-refractivity contribution in [2.45, 2.75) is 33.5 Å². The first-order valence-corrected chi connectivity index (χ1v) is 10.1. The van der Waals surface area contributed by atoms with Crippen molar-refractivity contribution in [2.24, 2.45) is 0 Å². The predicted molar refractivity (Wildman–Crippen MR) is 117 cm³/mol. The third-order valence-corrected chi connectivity index (χ3v) is 5.04. The van der Waals surface area contributed by atoms with Crippen molar-refractivity contribution < 1.29 is 14.5 Å². The van der Waals surface area contributed by atoms with Crippen molar-refractivity contribution in [3.63, 3.8) is 0 Å². The van der Waals surface area contributed by atoms with Crippen LogP contribution in [0, 0.1) is 17.0 Å². The summed E-state index contributed by atoms with van der Waals surface area (Å²) < 4.78 is 7.38. The second-order valence-electron chi connectivity index (χ2n) is 7.16. The Balaban J connectivity index is 1.70. The van der Waals surface area contributed by atoms with E-state index in [2.05, 4.69) is 5.10 Å². The Morgan fingerprint density at radius 2 is 2.06 bits per heavy atom. The minimum absolute atomic E-state index is 0.0876. The molecule has 31 heavy (non-hydrogen) atoms. The van der Waals surface area contributed by atoms with E-state index in [4.69, 9.17) is 16.3 Å². The van der Waals surface area contributed by atoms with E-state index in [0.717, 1.165) is 11.1 Å². The molecule has 1 amide bonds. The van der Waals surface area contributed by atoms with Gasteiger partial charge in [0.05, 0.1) is 16.5 Å². The molecular weight excluding hydrogens is 420 g/mol. The number of rotatable bonds is 8. The van der Waals surface area contributed by atoms with Crippen molar-refractivity contribution in [3.8, 4) is 5.75 Å². The number of aromatic nitrogens is 2. The summed E-state index contributed by atoms with van der Waals surface area (Å²) in [5, 5.41) is 16.1. The first-order valence-electron chi connectivity index (χ1n) is 9.72. The van der Waals surface area contributed by atoms with Crippen LogP contribution in [0.1, 0.15) is 34.1 Å². The highest BCUT2D eigenvalue weighted by atomic mass is 35.5. The number of hydrogen-bond acceptors (Lipinski definition) is 5. The largest absolute Gasteiger partial charge is 0.482 e. The number of benzene rings is 2. The molecule has 0 aliphatic carbocycles. The van der Waals surface area contributed by atoms with Gasteiger partial charge in [0.1, 0.15) is 12.3 Å². The van der Waals surface area contributed by atoms with Gasteiger partial charge >= 0.3 is 5.69 Å². The molecule has 1 heterocycles. The van der Waals surface area contributed by atoms with Crippen molar-refractivity contribution in [1.82, 2.24) is 14.7 Å². The number of aryl methyl sites for hydroxylation is 2. The van der Waals surface area contributed by atoms with Gasteiger partial charge in [-0.05, 0) is 43.2 Å². The molecule has 0 saturated heterocycles. The highest BCUT2D eigenvalue weighted by Crippen LogP contribution is 2.28. The van der Waals surface area contributed by atoms with Crippen molar-refractivity contribution >= 4 is 23.2 Å². The lowest BCUT2D eigenvalue weighted by Crippen LogP contribution is -2.26. The molecule has 0 spiro atoms. The number of carbonyl (C=O) groups is 1. The van der Waals surface area contributed by atoms with Crippen LogP contribution in [0.5, 0.6) is 5.75 Å². The highest BCUT2D eigenvalue weighted by molar-refractivity contribution is 6.31. The maximum atomic E-state index is 12.9. The molecule has 0 radical (unpaired) electrons. The third kappa shape index (κ3) is 5.40. The quantitative estimate of drug-likeness (QED) is 0.375. The van der Waals surface area contributed by atoms with Gasteiger partial charge in [0, 0.05) is 31.4 Å². The van der Waals surface area contributed by atoms with Gasteiger partial charge in [0.25, 0.3) is 5.91 Å². The zero-order valence-electron chi connectivity index (χ0n) is 17.5. The Bertz CT molecular complexity index is 1110. The summed E-state index contributed by atoms with van der Waals surface area (Å²) >= 11 is 6.20. The zero-order chi connectivity index (χ0) is 22.5. The van der Waals surface area contributed by atoms with Crippen molar-refractivity contribution in [3.05, 3.63) is 86.2 Å². The average Bonchev–Trinajstić information content (AvgIpc) is 3.11. The molecule has 8 nitrogen and oxygen atoms in total. The van der Waals surface area contributed by atoms with Gasteiger partial charge in [-0.2, -0.15) is 5.10 Å². The molecule has 2 aromatic carbocycles. The van der Waals surface area contributed by atoms with Gasteiger partial charge in [-0.1, -0.05) is 29.8 Å². The summed E-state index contributed by atoms with van der Waals surface area (Å²) in [6, 6.07) is 11.8. The minimum Gasteiger partial charge on any atom is -0.482 e. The van der Waals surface area contributed by atoms with Crippen LogP contribution >= 0.6 is 11.6 Å². The smallest absolute Gasteiger partial charge is 0.311 e. The Morgan fingerprint density at radius 1 is 1.29 bits per heavy atom. The van der Waals surface area contributed by atoms with E-state index in [0.29, 0.717) is 22.8 Å². The predicted octanol–water partition coefficient (Wildman–Crippen LogP) is 4.62. The van der Waals surface area contributed by atoms with Gasteiger partial charge in [0.2, 0.25) is 0 Å². The van der Waals surface area contributed by atoms with Gasteiger partial charge in [-0.3, -0.25) is 19.6 Å². The SMILES string of the molecule is CCn1cc(Cl)c(CN(C)C(=O)c2cccc(COc3ccc(C)cc3[N+](=O)[O-])c2)n1. The van der Waals surface area contributed by atoms with Gasteiger partial charge in [-0.15, -0.1) is 0 Å². The lowest BCUT2D eigenvalue weighted by atomic mass is 10.1. The number of amides is 1. The van der Waals surface area contributed by atoms with Gasteiger partial charge in [-0.25, -0.2) is 0 Å². The summed E-state index contributed by atoms with van der Waals surface area (Å²) in [6.07, 6.45) is 1.73. The van der Waals surface area contributed by atoms with Crippen LogP contribution < -0.4 is 4.74 Å². The number of hydrogen-bond donors (Lipinski definition) is 0. The molecule has 0 aliphatic rings. The molecular formula is C22H23ClN4O4. The Hall–Kier alpha value is -3.39. The van der Waals surface area contributed by atoms with Crippen LogP contribution in [0.4, 0.5) is 5.69 Å². The van der Waals surface area contributed by atoms with Crippen LogP contribution in [-0.4, -0.2) is 32.6 Å². The number of carbonyl (C=O) groups excluding carboxylic acids is 1. The molecule has 9 heteroatoms. The van der Waals surface area contributed by atoms with E-state index in [1.165, 1.54) is 6.07 Å². The van der Waals surface area contributed by atoms with E-state index in [9.17, 15) is 14.9 Å². The van der Waals surface area contributed by atoms with E-state index < -0.39 is 4.92 Å². The Kier molecular flexibility index (Phi) is 6.91. The first-order chi connectivity index (χ1) is 14.8. The zero-order valence-corrected chi connectivity index (χ0v) is 18.3. The number of nitro benzene ring substituents is 1. The summed E-state index contributed by atoms with van der Waals surface area (Å²) in [4.78, 5) is 25.2. The number of halogens is 1. The van der Waals surface area contributed by atoms with Crippen LogP contribution in [0.15, 0.2) is 48.7 Å². The topological polar surface area (TPSA) is 90.5 Å². The maximum Gasteiger partial charge on any atom is 0.311 e. The lowest BCUT2D eigenvalue weighted by molar-refractivity contribution is -0.386. The summed E-state index contributed by atoms with van der Waals surface area (Å²) in [6.45, 7) is 4.81. The van der Waals surface area contributed by atoms with Crippen LogP contribution in [0.25, 0.3) is 0 Å². The molecule has 0 bridgehead atoms. The minimum atomic E-state index is -0.470. The molecule has 162 valence electrons. The molecule has 0 atom stereocenters. The normalized spacial score (nSPS) is 10.7. The van der Waals surface area contributed by atoms with Crippen LogP contribution in [0.3, 0.4) is 0 Å². The fourth-order valence-electron chi connectivity index (χ4n) is 3.07. The first kappa shape index (κ1) is 22.3. The third-order valence-electron chi connectivity index (χ3n) is 4.72. The summed E-state index contributed by atoms with van der Waals surface area (Å²) in [5.41, 5.74) is 2.52. The molecule has 0 fully saturated rings. The summed E-state index contributed by atoms with van der Waals surface area (Å²) in [5.74, 6) is -0.00381. The highest BCUT2D eigenvalue weighted by Gasteiger charge is 2.18. The van der Waals surface area contributed by atoms with Crippen molar-refractivity contribution in [2.75, 3.05) is 7.05 Å². The number of ether oxygens (including phenoxy) is 1. The molecule has 0 unspecified atom stereocenters. The fraction of sp³-hybridized carbons (Fsp3) is 0.273.